The van der Waals surface area contributed by atoms with Crippen molar-refractivity contribution in [3.8, 4) is 0 Å². The molecule has 118 valence electrons. The molecule has 6 nitrogen and oxygen atoms in total. The van der Waals surface area contributed by atoms with E-state index in [1.165, 1.54) is 18.2 Å². The minimum Gasteiger partial charge on any atom is -0.348 e. The Labute approximate surface area is 130 Å². The molecule has 1 atom stereocenters. The minimum atomic E-state index is -0.449. The number of nitro groups is 1. The second-order valence-corrected chi connectivity index (χ2v) is 5.73. The molecule has 0 spiro atoms. The third-order valence-corrected chi connectivity index (χ3v) is 3.84. The zero-order valence-electron chi connectivity index (χ0n) is 12.9. The van der Waals surface area contributed by atoms with Gasteiger partial charge < -0.3 is 5.32 Å². The first-order valence-electron chi connectivity index (χ1n) is 7.43. The van der Waals surface area contributed by atoms with Crippen molar-refractivity contribution in [3.05, 3.63) is 46.0 Å². The third kappa shape index (κ3) is 4.14. The van der Waals surface area contributed by atoms with Crippen molar-refractivity contribution >= 4 is 17.7 Å². The maximum absolute atomic E-state index is 11.9. The van der Waals surface area contributed by atoms with Gasteiger partial charge in [-0.05, 0) is 32.4 Å². The number of benzene rings is 1. The summed E-state index contributed by atoms with van der Waals surface area (Å²) in [7, 11) is 0. The summed E-state index contributed by atoms with van der Waals surface area (Å²) in [5.74, 6) is -0.214. The van der Waals surface area contributed by atoms with Crippen LogP contribution in [0.25, 0.3) is 6.08 Å². The summed E-state index contributed by atoms with van der Waals surface area (Å²) in [5, 5.41) is 13.9. The predicted molar refractivity (Wildman–Crippen MR) is 85.4 cm³/mol. The fraction of sp³-hybridized carbons (Fsp3) is 0.438. The minimum absolute atomic E-state index is 0.00148. The molecule has 0 aromatic heterocycles. The lowest BCUT2D eigenvalue weighted by Crippen LogP contribution is -2.37. The van der Waals surface area contributed by atoms with Crippen LogP contribution in [-0.4, -0.2) is 40.9 Å². The maximum atomic E-state index is 11.9. The van der Waals surface area contributed by atoms with Crippen LogP contribution in [0.3, 0.4) is 0 Å². The largest absolute Gasteiger partial charge is 0.348 e. The van der Waals surface area contributed by atoms with E-state index in [1.54, 1.807) is 18.2 Å². The van der Waals surface area contributed by atoms with Crippen molar-refractivity contribution in [3.63, 3.8) is 0 Å². The highest BCUT2D eigenvalue weighted by atomic mass is 16.6. The van der Waals surface area contributed by atoms with Crippen LogP contribution in [0.5, 0.6) is 0 Å². The Hall–Kier alpha value is -2.21. The Morgan fingerprint density at radius 1 is 1.45 bits per heavy atom. The SMILES string of the molecule is CC(C)N1CC[C@@H](NC(=O)/C=C\c2ccccc2[N+](=O)[O-])C1. The molecule has 0 radical (unpaired) electrons. The van der Waals surface area contributed by atoms with E-state index in [0.29, 0.717) is 11.6 Å². The topological polar surface area (TPSA) is 75.5 Å². The number of nitro benzene ring substituents is 1. The van der Waals surface area contributed by atoms with Crippen LogP contribution in [0.4, 0.5) is 5.69 Å². The molecule has 1 N–H and O–H groups in total. The number of amides is 1. The number of carbonyl (C=O) groups is 1. The van der Waals surface area contributed by atoms with E-state index in [-0.39, 0.29) is 17.6 Å². The zero-order chi connectivity index (χ0) is 16.1. The second-order valence-electron chi connectivity index (χ2n) is 5.73. The molecule has 1 aliphatic rings. The number of hydrogen-bond acceptors (Lipinski definition) is 4. The normalized spacial score (nSPS) is 19.0. The van der Waals surface area contributed by atoms with Gasteiger partial charge in [-0.25, -0.2) is 0 Å². The summed E-state index contributed by atoms with van der Waals surface area (Å²) in [4.78, 5) is 24.7. The summed E-state index contributed by atoms with van der Waals surface area (Å²) in [6, 6.07) is 6.98. The van der Waals surface area contributed by atoms with Gasteiger partial charge in [0, 0.05) is 37.3 Å². The highest BCUT2D eigenvalue weighted by Crippen LogP contribution is 2.19. The van der Waals surface area contributed by atoms with Crippen molar-refractivity contribution in [2.75, 3.05) is 13.1 Å². The summed E-state index contributed by atoms with van der Waals surface area (Å²) >= 11 is 0. The van der Waals surface area contributed by atoms with E-state index < -0.39 is 4.92 Å². The van der Waals surface area contributed by atoms with Crippen molar-refractivity contribution in [2.45, 2.75) is 32.4 Å². The molecule has 1 aromatic carbocycles. The van der Waals surface area contributed by atoms with Gasteiger partial charge in [-0.1, -0.05) is 12.1 Å². The number of nitrogens with zero attached hydrogens (tertiary/aromatic N) is 2. The zero-order valence-corrected chi connectivity index (χ0v) is 12.9. The Balaban J connectivity index is 1.94. The fourth-order valence-electron chi connectivity index (χ4n) is 2.58. The number of para-hydroxylation sites is 1. The molecule has 1 aliphatic heterocycles. The Bertz CT molecular complexity index is 584. The molecule has 1 fully saturated rings. The molecular formula is C16H21N3O3. The van der Waals surface area contributed by atoms with Crippen LogP contribution < -0.4 is 5.32 Å². The third-order valence-electron chi connectivity index (χ3n) is 3.84. The van der Waals surface area contributed by atoms with Gasteiger partial charge in [0.15, 0.2) is 0 Å². The number of carbonyl (C=O) groups excluding carboxylic acids is 1. The molecule has 6 heteroatoms. The highest BCUT2D eigenvalue weighted by Gasteiger charge is 2.24. The van der Waals surface area contributed by atoms with E-state index in [2.05, 4.69) is 24.1 Å². The van der Waals surface area contributed by atoms with Gasteiger partial charge in [0.2, 0.25) is 5.91 Å². The standard InChI is InChI=1S/C16H21N3O3/c1-12(2)18-10-9-14(11-18)17-16(20)8-7-13-5-3-4-6-15(13)19(21)22/h3-8,12,14H,9-11H2,1-2H3,(H,17,20)/b8-7-/t14-/m1/s1. The summed E-state index contributed by atoms with van der Waals surface area (Å²) in [6.45, 7) is 6.11. The van der Waals surface area contributed by atoms with Crippen LogP contribution in [-0.2, 0) is 4.79 Å². The molecule has 0 aliphatic carbocycles. The summed E-state index contributed by atoms with van der Waals surface area (Å²) < 4.78 is 0. The van der Waals surface area contributed by atoms with Crippen LogP contribution in [0.2, 0.25) is 0 Å². The summed E-state index contributed by atoms with van der Waals surface area (Å²) in [5.41, 5.74) is 0.427. The van der Waals surface area contributed by atoms with E-state index >= 15 is 0 Å². The molecule has 1 amide bonds. The van der Waals surface area contributed by atoms with Crippen LogP contribution in [0.1, 0.15) is 25.8 Å². The maximum Gasteiger partial charge on any atom is 0.276 e. The Morgan fingerprint density at radius 3 is 2.82 bits per heavy atom. The van der Waals surface area contributed by atoms with Gasteiger partial charge in [-0.2, -0.15) is 0 Å². The van der Waals surface area contributed by atoms with Crippen molar-refractivity contribution in [2.24, 2.45) is 0 Å². The quantitative estimate of drug-likeness (QED) is 0.514. The molecule has 22 heavy (non-hydrogen) atoms. The number of nitrogens with one attached hydrogen (secondary N) is 1. The van der Waals surface area contributed by atoms with Gasteiger partial charge in [0.1, 0.15) is 0 Å². The Kier molecular flexibility index (Phi) is 5.27. The van der Waals surface area contributed by atoms with Crippen LogP contribution in [0.15, 0.2) is 30.3 Å². The molecule has 1 aromatic rings. The van der Waals surface area contributed by atoms with Crippen LogP contribution >= 0.6 is 0 Å². The van der Waals surface area contributed by atoms with E-state index in [9.17, 15) is 14.9 Å². The van der Waals surface area contributed by atoms with Crippen LogP contribution in [0, 0.1) is 10.1 Å². The predicted octanol–water partition coefficient (Wildman–Crippen LogP) is 2.21. The smallest absolute Gasteiger partial charge is 0.276 e. The fourth-order valence-corrected chi connectivity index (χ4v) is 2.58. The lowest BCUT2D eigenvalue weighted by molar-refractivity contribution is -0.385. The van der Waals surface area contributed by atoms with Gasteiger partial charge in [0.05, 0.1) is 10.5 Å². The molecule has 1 saturated heterocycles. The average Bonchev–Trinajstić information content (AvgIpc) is 2.94. The lowest BCUT2D eigenvalue weighted by atomic mass is 10.1. The van der Waals surface area contributed by atoms with Gasteiger partial charge in [-0.15, -0.1) is 0 Å². The number of likely N-dealkylation sites (tertiary alicyclic amines) is 1. The summed E-state index contributed by atoms with van der Waals surface area (Å²) in [6.07, 6.45) is 3.78. The van der Waals surface area contributed by atoms with E-state index in [4.69, 9.17) is 0 Å². The lowest BCUT2D eigenvalue weighted by Gasteiger charge is -2.20. The van der Waals surface area contributed by atoms with Crippen molar-refractivity contribution in [1.82, 2.24) is 10.2 Å². The molecular weight excluding hydrogens is 282 g/mol. The first-order chi connectivity index (χ1) is 10.5. The number of rotatable bonds is 5. The molecule has 0 unspecified atom stereocenters. The monoisotopic (exact) mass is 303 g/mol. The van der Waals surface area contributed by atoms with E-state index in [0.717, 1.165) is 19.5 Å². The first kappa shape index (κ1) is 16.2. The van der Waals surface area contributed by atoms with Crippen molar-refractivity contribution < 1.29 is 9.72 Å². The van der Waals surface area contributed by atoms with Gasteiger partial charge in [0.25, 0.3) is 5.69 Å². The average molecular weight is 303 g/mol. The molecule has 0 bridgehead atoms. The molecule has 0 saturated carbocycles. The van der Waals surface area contributed by atoms with Crippen molar-refractivity contribution in [1.29, 1.82) is 0 Å². The van der Waals surface area contributed by atoms with E-state index in [1.807, 2.05) is 0 Å². The molecule has 1 heterocycles. The molecule has 2 rings (SSSR count). The first-order valence-corrected chi connectivity index (χ1v) is 7.43. The van der Waals surface area contributed by atoms with Gasteiger partial charge >= 0.3 is 0 Å². The van der Waals surface area contributed by atoms with Gasteiger partial charge in [-0.3, -0.25) is 19.8 Å². The highest BCUT2D eigenvalue weighted by molar-refractivity contribution is 5.92. The second kappa shape index (κ2) is 7.17. The Morgan fingerprint density at radius 2 is 2.18 bits per heavy atom. The number of hydrogen-bond donors (Lipinski definition) is 1.